The van der Waals surface area contributed by atoms with Gasteiger partial charge in [-0.3, -0.25) is 0 Å². The Morgan fingerprint density at radius 3 is 2.75 bits per heavy atom. The first-order valence-corrected chi connectivity index (χ1v) is 3.98. The third kappa shape index (κ3) is 2.13. The first-order chi connectivity index (χ1) is 5.74. The lowest BCUT2D eigenvalue weighted by Gasteiger charge is -2.13. The van der Waals surface area contributed by atoms with Gasteiger partial charge in [-0.2, -0.15) is 0 Å². The molecule has 3 heteroatoms. The molecule has 0 heterocycles. The molecule has 0 amide bonds. The Hall–Kier alpha value is -1.22. The number of phenolic OH excluding ortho intramolecular Hbond substituents is 1. The molecule has 4 N–H and O–H groups in total. The van der Waals surface area contributed by atoms with E-state index in [1.807, 2.05) is 19.1 Å². The minimum absolute atomic E-state index is 0.179. The second kappa shape index (κ2) is 3.97. The predicted octanol–water partition coefficient (Wildman–Crippen LogP) is 1.15. The van der Waals surface area contributed by atoms with Crippen molar-refractivity contribution >= 4 is 5.69 Å². The van der Waals surface area contributed by atoms with E-state index < -0.39 is 0 Å². The molecule has 1 atom stereocenters. The molecule has 1 unspecified atom stereocenters. The number of benzene rings is 1. The van der Waals surface area contributed by atoms with Crippen LogP contribution in [0.25, 0.3) is 0 Å². The van der Waals surface area contributed by atoms with Crippen molar-refractivity contribution in [1.29, 1.82) is 0 Å². The quantitative estimate of drug-likeness (QED) is 0.590. The smallest absolute Gasteiger partial charge is 0.138 e. The van der Waals surface area contributed by atoms with Crippen LogP contribution >= 0.6 is 0 Å². The fraction of sp³-hybridized carbons (Fsp3) is 0.333. The molecular weight excluding hydrogens is 152 g/mol. The van der Waals surface area contributed by atoms with Crippen molar-refractivity contribution in [1.82, 2.24) is 0 Å². The van der Waals surface area contributed by atoms with E-state index in [-0.39, 0.29) is 11.8 Å². The molecule has 0 aliphatic rings. The number of hydrogen-bond acceptors (Lipinski definition) is 3. The summed E-state index contributed by atoms with van der Waals surface area (Å²) in [5, 5.41) is 12.4. The number of aromatic hydroxyl groups is 1. The SMILES string of the molecule is CC(CN)Nc1ccccc1O. The Morgan fingerprint density at radius 1 is 1.50 bits per heavy atom. The summed E-state index contributed by atoms with van der Waals surface area (Å²) in [7, 11) is 0. The number of rotatable bonds is 3. The summed E-state index contributed by atoms with van der Waals surface area (Å²) >= 11 is 0. The van der Waals surface area contributed by atoms with E-state index in [0.29, 0.717) is 6.54 Å². The van der Waals surface area contributed by atoms with Gasteiger partial charge in [0.15, 0.2) is 0 Å². The molecule has 1 aromatic carbocycles. The van der Waals surface area contributed by atoms with Gasteiger partial charge in [0.2, 0.25) is 0 Å². The predicted molar refractivity (Wildman–Crippen MR) is 50.2 cm³/mol. The largest absolute Gasteiger partial charge is 0.506 e. The Labute approximate surface area is 72.2 Å². The minimum Gasteiger partial charge on any atom is -0.506 e. The standard InChI is InChI=1S/C9H14N2O/c1-7(6-10)11-8-4-2-3-5-9(8)12/h2-5,7,11-12H,6,10H2,1H3. The summed E-state index contributed by atoms with van der Waals surface area (Å²) in [6.45, 7) is 2.51. The van der Waals surface area contributed by atoms with Crippen molar-refractivity contribution in [2.24, 2.45) is 5.73 Å². The molecule has 1 rings (SSSR count). The number of nitrogens with one attached hydrogen (secondary N) is 1. The van der Waals surface area contributed by atoms with E-state index in [0.717, 1.165) is 5.69 Å². The summed E-state index contributed by atoms with van der Waals surface area (Å²) < 4.78 is 0. The monoisotopic (exact) mass is 166 g/mol. The lowest BCUT2D eigenvalue weighted by molar-refractivity contribution is 0.476. The van der Waals surface area contributed by atoms with E-state index in [1.165, 1.54) is 0 Å². The Morgan fingerprint density at radius 2 is 2.17 bits per heavy atom. The van der Waals surface area contributed by atoms with Crippen LogP contribution in [0.5, 0.6) is 5.75 Å². The molecule has 1 aromatic rings. The fourth-order valence-corrected chi connectivity index (χ4v) is 0.920. The zero-order valence-corrected chi connectivity index (χ0v) is 7.12. The number of hydrogen-bond donors (Lipinski definition) is 3. The van der Waals surface area contributed by atoms with Gasteiger partial charge in [-0.1, -0.05) is 12.1 Å². The summed E-state index contributed by atoms with van der Waals surface area (Å²) in [5.74, 6) is 0.262. The van der Waals surface area contributed by atoms with Crippen molar-refractivity contribution in [3.63, 3.8) is 0 Å². The topological polar surface area (TPSA) is 58.3 Å². The second-order valence-electron chi connectivity index (χ2n) is 2.80. The molecule has 0 aromatic heterocycles. The maximum Gasteiger partial charge on any atom is 0.138 e. The van der Waals surface area contributed by atoms with Crippen molar-refractivity contribution in [2.45, 2.75) is 13.0 Å². The Balaban J connectivity index is 2.69. The zero-order chi connectivity index (χ0) is 8.97. The van der Waals surface area contributed by atoms with Crippen LogP contribution in [0.15, 0.2) is 24.3 Å². The van der Waals surface area contributed by atoms with E-state index in [2.05, 4.69) is 5.32 Å². The molecule has 0 bridgehead atoms. The van der Waals surface area contributed by atoms with Crippen LogP contribution in [0.1, 0.15) is 6.92 Å². The van der Waals surface area contributed by atoms with Gasteiger partial charge in [0.05, 0.1) is 5.69 Å². The average Bonchev–Trinajstić information content (AvgIpc) is 2.09. The summed E-state index contributed by atoms with van der Waals surface area (Å²) in [6, 6.07) is 7.30. The van der Waals surface area contributed by atoms with Gasteiger partial charge in [0.1, 0.15) is 5.75 Å². The number of phenols is 1. The van der Waals surface area contributed by atoms with Gasteiger partial charge in [-0.25, -0.2) is 0 Å². The number of para-hydroxylation sites is 2. The maximum atomic E-state index is 9.35. The number of nitrogens with two attached hydrogens (primary N) is 1. The highest BCUT2D eigenvalue weighted by Crippen LogP contribution is 2.21. The molecule has 0 aliphatic carbocycles. The van der Waals surface area contributed by atoms with Gasteiger partial charge < -0.3 is 16.2 Å². The second-order valence-corrected chi connectivity index (χ2v) is 2.80. The first kappa shape index (κ1) is 8.87. The molecule has 66 valence electrons. The average molecular weight is 166 g/mol. The molecule has 0 spiro atoms. The maximum absolute atomic E-state index is 9.35. The van der Waals surface area contributed by atoms with Crippen LogP contribution < -0.4 is 11.1 Å². The molecule has 12 heavy (non-hydrogen) atoms. The summed E-state index contributed by atoms with van der Waals surface area (Å²) in [4.78, 5) is 0. The van der Waals surface area contributed by atoms with Crippen LogP contribution in [-0.4, -0.2) is 17.7 Å². The van der Waals surface area contributed by atoms with Crippen molar-refractivity contribution in [3.8, 4) is 5.75 Å². The first-order valence-electron chi connectivity index (χ1n) is 3.98. The lowest BCUT2D eigenvalue weighted by Crippen LogP contribution is -2.25. The third-order valence-corrected chi connectivity index (χ3v) is 1.66. The highest BCUT2D eigenvalue weighted by Gasteiger charge is 2.01. The van der Waals surface area contributed by atoms with Gasteiger partial charge in [0.25, 0.3) is 0 Å². The molecule has 0 saturated carbocycles. The van der Waals surface area contributed by atoms with Gasteiger partial charge >= 0.3 is 0 Å². The molecule has 0 radical (unpaired) electrons. The van der Waals surface area contributed by atoms with Gasteiger partial charge in [0, 0.05) is 12.6 Å². The van der Waals surface area contributed by atoms with E-state index in [1.54, 1.807) is 12.1 Å². The Kier molecular flexibility index (Phi) is 2.94. The van der Waals surface area contributed by atoms with Crippen LogP contribution in [-0.2, 0) is 0 Å². The lowest BCUT2D eigenvalue weighted by atomic mass is 10.2. The van der Waals surface area contributed by atoms with Crippen LogP contribution in [0, 0.1) is 0 Å². The van der Waals surface area contributed by atoms with E-state index in [9.17, 15) is 5.11 Å². The fourth-order valence-electron chi connectivity index (χ4n) is 0.920. The molecule has 0 aliphatic heterocycles. The third-order valence-electron chi connectivity index (χ3n) is 1.66. The number of anilines is 1. The highest BCUT2D eigenvalue weighted by atomic mass is 16.3. The highest BCUT2D eigenvalue weighted by molar-refractivity contribution is 5.55. The molecule has 3 nitrogen and oxygen atoms in total. The minimum atomic E-state index is 0.179. The van der Waals surface area contributed by atoms with E-state index >= 15 is 0 Å². The van der Waals surface area contributed by atoms with Gasteiger partial charge in [-0.05, 0) is 19.1 Å². The van der Waals surface area contributed by atoms with Crippen LogP contribution in [0.2, 0.25) is 0 Å². The van der Waals surface area contributed by atoms with Crippen molar-refractivity contribution in [2.75, 3.05) is 11.9 Å². The molecule has 0 saturated heterocycles. The summed E-state index contributed by atoms with van der Waals surface area (Å²) in [6.07, 6.45) is 0. The normalized spacial score (nSPS) is 12.5. The van der Waals surface area contributed by atoms with Crippen LogP contribution in [0.3, 0.4) is 0 Å². The summed E-state index contributed by atoms with van der Waals surface area (Å²) in [5.41, 5.74) is 6.16. The van der Waals surface area contributed by atoms with Crippen LogP contribution in [0.4, 0.5) is 5.69 Å². The zero-order valence-electron chi connectivity index (χ0n) is 7.12. The van der Waals surface area contributed by atoms with Gasteiger partial charge in [-0.15, -0.1) is 0 Å². The molecule has 0 fully saturated rings. The van der Waals surface area contributed by atoms with Crippen molar-refractivity contribution < 1.29 is 5.11 Å². The molecular formula is C9H14N2O. The van der Waals surface area contributed by atoms with Crippen molar-refractivity contribution in [3.05, 3.63) is 24.3 Å². The Bertz CT molecular complexity index is 250. The van der Waals surface area contributed by atoms with E-state index in [4.69, 9.17) is 5.73 Å².